The van der Waals surface area contributed by atoms with Crippen molar-refractivity contribution in [2.75, 3.05) is 26.7 Å². The fourth-order valence-electron chi connectivity index (χ4n) is 0. The first-order chi connectivity index (χ1) is 8.66. The molecule has 0 saturated carbocycles. The van der Waals surface area contributed by atoms with Gasteiger partial charge in [-0.05, 0) is 0 Å². The minimum absolute atomic E-state index is 0. The van der Waals surface area contributed by atoms with Crippen LogP contribution in [0.2, 0.25) is 0 Å². The van der Waals surface area contributed by atoms with E-state index in [2.05, 4.69) is 0 Å². The molecule has 0 aliphatic rings. The van der Waals surface area contributed by atoms with Gasteiger partial charge in [0.2, 0.25) is 0 Å². The van der Waals surface area contributed by atoms with E-state index in [0.717, 1.165) is 0 Å². The molecule has 0 aliphatic carbocycles. The smallest absolute Gasteiger partial charge is 0.0543 e. The van der Waals surface area contributed by atoms with E-state index in [1.807, 2.05) is 68.2 Å². The van der Waals surface area contributed by atoms with Gasteiger partial charge in [0.05, 0.1) is 5.11 Å². The molecule has 0 heterocycles. The molecule has 0 fully saturated rings. The van der Waals surface area contributed by atoms with Crippen LogP contribution in [0.3, 0.4) is 0 Å². The first-order valence-corrected chi connectivity index (χ1v) is 9.00. The van der Waals surface area contributed by atoms with Crippen LogP contribution >= 0.6 is 36.7 Å². The maximum atomic E-state index is 6.24. The molecule has 19 heavy (non-hydrogen) atoms. The number of hydrogen-bond acceptors (Lipinski definition) is 0. The molecule has 8 heteroatoms. The SMILES string of the molecule is C.CC.CC.CC.[3H]PC.[3H]PC.[3H]PC.[3H]PC.[W].[W].[W].[W]. The summed E-state index contributed by atoms with van der Waals surface area (Å²) >= 11 is 0. The van der Waals surface area contributed by atoms with Crippen molar-refractivity contribution in [1.82, 2.24) is 0 Å². The summed E-state index contributed by atoms with van der Waals surface area (Å²) in [5.41, 5.74) is 0. The van der Waals surface area contributed by atoms with Crippen LogP contribution in [0.25, 0.3) is 0 Å². The third-order valence-corrected chi connectivity index (χ3v) is 0. The van der Waals surface area contributed by atoms with Crippen LogP contribution in [0.15, 0.2) is 0 Å². The van der Waals surface area contributed by atoms with Gasteiger partial charge in [-0.15, -0.1) is 36.7 Å². The second-order valence-corrected chi connectivity index (χ2v) is 0. The summed E-state index contributed by atoms with van der Waals surface area (Å²) in [4.78, 5) is 0. The van der Waals surface area contributed by atoms with Crippen LogP contribution in [0.4, 0.5) is 0 Å². The van der Waals surface area contributed by atoms with Gasteiger partial charge in [0.1, 0.15) is 0 Å². The van der Waals surface area contributed by atoms with E-state index in [-0.39, 0.29) is 91.7 Å². The van der Waals surface area contributed by atoms with Crippen molar-refractivity contribution in [3.8, 4) is 0 Å². The zero-order valence-corrected chi connectivity index (χ0v) is 29.4. The number of rotatable bonds is 0. The molecule has 0 nitrogen and oxygen atoms in total. The second kappa shape index (κ2) is 518. The van der Waals surface area contributed by atoms with Crippen molar-refractivity contribution in [2.24, 2.45) is 0 Å². The molecule has 0 saturated heterocycles. The Morgan fingerprint density at radius 3 is 0.474 bits per heavy atom. The molecule has 0 radical (unpaired) electrons. The fraction of sp³-hybridized carbons (Fsp3) is 1.00. The predicted molar refractivity (Wildman–Crippen MR) is 103 cm³/mol. The zero-order chi connectivity index (χ0) is 16.8. The molecular weight excluding hydrogens is 991 g/mol. The van der Waals surface area contributed by atoms with Gasteiger partial charge in [0.25, 0.3) is 0 Å². The summed E-state index contributed by atoms with van der Waals surface area (Å²) < 4.78 is 24.9. The van der Waals surface area contributed by atoms with Gasteiger partial charge in [-0.25, -0.2) is 0 Å². The minimum atomic E-state index is 0. The predicted octanol–water partition coefficient (Wildman–Crippen LogP) is 5.67. The van der Waals surface area contributed by atoms with E-state index in [1.165, 1.54) is 0 Å². The topological polar surface area (TPSA) is 0 Å². The van der Waals surface area contributed by atoms with E-state index >= 15 is 0 Å². The van der Waals surface area contributed by atoms with Gasteiger partial charge >= 0.3 is 0 Å². The summed E-state index contributed by atoms with van der Waals surface area (Å²) in [7, 11) is 1.33. The van der Waals surface area contributed by atoms with E-state index in [4.69, 9.17) is 5.11 Å². The molecule has 0 aromatic carbocycles. The van der Waals surface area contributed by atoms with Crippen molar-refractivity contribution < 1.29 is 84.3 Å². The standard InChI is InChI=1S/3C2H6.4CH5P.CH4.4W/c7*1-2;;;;;/h3*1-2H3;4*2H2,1H3;1H4;;;;/i;;;4*2T;;;;;. The average Bonchev–Trinajstić information content (AvgIpc) is 2.40. The Labute approximate surface area is 199 Å². The second-order valence-electron chi connectivity index (χ2n) is 0. The fourth-order valence-corrected chi connectivity index (χ4v) is 0. The monoisotopic (exact) mass is 1040 g/mol. The van der Waals surface area contributed by atoms with Crippen molar-refractivity contribution >= 4 is 36.7 Å². The first-order valence-electron chi connectivity index (χ1n) is 7.00. The van der Waals surface area contributed by atoms with Crippen molar-refractivity contribution in [3.63, 3.8) is 0 Å². The third-order valence-electron chi connectivity index (χ3n) is 0. The first kappa shape index (κ1) is 49.5. The minimum Gasteiger partial charge on any atom is -0.141 e. The van der Waals surface area contributed by atoms with Gasteiger partial charge in [-0.1, -0.05) is 75.6 Å². The Balaban J connectivity index is -0.00000000597. The third kappa shape index (κ3) is 471. The Morgan fingerprint density at radius 2 is 0.474 bits per heavy atom. The Bertz CT molecular complexity index is 50.0. The van der Waals surface area contributed by atoms with Crippen LogP contribution < -0.4 is 0 Å². The molecule has 0 aromatic rings. The molecule has 0 rings (SSSR count). The van der Waals surface area contributed by atoms with Crippen LogP contribution in [0.1, 0.15) is 49.0 Å². The zero-order valence-electron chi connectivity index (χ0n) is 17.6. The normalized spacial score (nSPS) is 7.47. The van der Waals surface area contributed by atoms with E-state index < -0.39 is 0 Å². The van der Waals surface area contributed by atoms with Crippen LogP contribution in [0, 0.1) is 0 Å². The molecule has 0 aliphatic heterocycles. The molecule has 0 bridgehead atoms. The summed E-state index contributed by atoms with van der Waals surface area (Å²) in [6.07, 6.45) is 0. The van der Waals surface area contributed by atoms with E-state index in [0.29, 0.717) is 36.7 Å². The summed E-state index contributed by atoms with van der Waals surface area (Å²) in [6.45, 7) is 19.3. The average molecular weight is 1040 g/mol. The Hall–Kier alpha value is 4.47. The van der Waals surface area contributed by atoms with Crippen LogP contribution in [-0.4, -0.2) is 31.8 Å². The molecule has 4 unspecified atom stereocenters. The maximum absolute atomic E-state index is 6.24. The Morgan fingerprint density at radius 1 is 0.474 bits per heavy atom. The van der Waals surface area contributed by atoms with Gasteiger partial charge < -0.3 is 0 Å². The molecule has 130 valence electrons. The van der Waals surface area contributed by atoms with Gasteiger partial charge in [-0.3, -0.25) is 0 Å². The van der Waals surface area contributed by atoms with Crippen molar-refractivity contribution in [2.45, 2.75) is 49.0 Å². The van der Waals surface area contributed by atoms with Crippen molar-refractivity contribution in [3.05, 3.63) is 0 Å². The van der Waals surface area contributed by atoms with Gasteiger partial charge in [0, 0.05) is 84.3 Å². The molecular formula is C11H42P4W4. The van der Waals surface area contributed by atoms with Crippen LogP contribution in [0.5, 0.6) is 0 Å². The van der Waals surface area contributed by atoms with Gasteiger partial charge in [0.15, 0.2) is 0 Å². The molecule has 0 spiro atoms. The summed E-state index contributed by atoms with van der Waals surface area (Å²) in [5, 5.41) is 0. The maximum Gasteiger partial charge on any atom is 0.0543 e. The molecule has 0 amide bonds. The largest absolute Gasteiger partial charge is 0.141 e. The van der Waals surface area contributed by atoms with E-state index in [9.17, 15) is 0 Å². The molecule has 0 N–H and O–H groups in total. The molecule has 4 atom stereocenters. The molecule has 0 aromatic heterocycles. The van der Waals surface area contributed by atoms with Gasteiger partial charge in [-0.2, -0.15) is 0 Å². The summed E-state index contributed by atoms with van der Waals surface area (Å²) in [5.74, 6) is 0. The number of hydrogen-bond donors (Lipinski definition) is 0. The quantitative estimate of drug-likeness (QED) is 0.275. The Kier molecular flexibility index (Phi) is 1350. The van der Waals surface area contributed by atoms with E-state index in [1.54, 1.807) is 0 Å². The van der Waals surface area contributed by atoms with Crippen LogP contribution in [-0.2, 0) is 84.3 Å². The van der Waals surface area contributed by atoms with Crippen molar-refractivity contribution in [1.29, 1.82) is 5.11 Å². The summed E-state index contributed by atoms with van der Waals surface area (Å²) in [6, 6.07) is 0.